The zero-order valence-electron chi connectivity index (χ0n) is 87.5. The summed E-state index contributed by atoms with van der Waals surface area (Å²) < 4.78 is 79.7. The predicted octanol–water partition coefficient (Wildman–Crippen LogP) is 27.7. The number of aliphatic hydroxyl groups is 4. The summed E-state index contributed by atoms with van der Waals surface area (Å²) >= 11 is 0. The fourth-order valence-corrected chi connectivity index (χ4v) is 10.9. The van der Waals surface area contributed by atoms with E-state index in [4.69, 9.17) is 66.3 Å². The van der Waals surface area contributed by atoms with E-state index in [1.54, 1.807) is 24.3 Å². The van der Waals surface area contributed by atoms with E-state index in [0.29, 0.717) is 79.7 Å². The number of benzene rings is 11. The quantitative estimate of drug-likeness (QED) is 0.0206. The highest BCUT2D eigenvalue weighted by Gasteiger charge is 2.20. The Bertz CT molecular complexity index is 4320. The molecule has 0 saturated carbocycles. The van der Waals surface area contributed by atoms with Crippen molar-refractivity contribution < 1.29 is 86.7 Å². The maximum atomic E-state index is 10.2. The van der Waals surface area contributed by atoms with E-state index in [9.17, 15) is 20.4 Å². The molecule has 0 aliphatic heterocycles. The molecule has 11 aromatic rings. The number of allylic oxidation sites excluding steroid dienone is 8. The second kappa shape index (κ2) is 89.9. The van der Waals surface area contributed by atoms with E-state index in [1.807, 2.05) is 328 Å². The van der Waals surface area contributed by atoms with E-state index in [1.165, 1.54) is 22.3 Å². The van der Waals surface area contributed by atoms with E-state index >= 15 is 0 Å². The summed E-state index contributed by atoms with van der Waals surface area (Å²) in [6, 6.07) is 106. The van der Waals surface area contributed by atoms with Crippen molar-refractivity contribution in [3.8, 4) is 46.0 Å². The molecular formula is C124H168O18. The molecular weight excluding hydrogens is 1780 g/mol. The van der Waals surface area contributed by atoms with Gasteiger partial charge >= 0.3 is 0 Å². The highest BCUT2D eigenvalue weighted by atomic mass is 16.6. The van der Waals surface area contributed by atoms with Crippen molar-refractivity contribution in [3.63, 3.8) is 0 Å². The minimum Gasteiger partial charge on any atom is -0.491 e. The molecule has 0 fully saturated rings. The first-order chi connectivity index (χ1) is 69.0. The third-order valence-electron chi connectivity index (χ3n) is 19.2. The number of ether oxygens (including phenoxy) is 14. The zero-order chi connectivity index (χ0) is 104. The van der Waals surface area contributed by atoms with Gasteiger partial charge in [-0.3, -0.25) is 0 Å². The Kier molecular flexibility index (Phi) is 80.8. The van der Waals surface area contributed by atoms with Gasteiger partial charge in [-0.1, -0.05) is 359 Å². The maximum absolute atomic E-state index is 10.2. The van der Waals surface area contributed by atoms with Gasteiger partial charge in [0, 0.05) is 6.07 Å². The summed E-state index contributed by atoms with van der Waals surface area (Å²) in [6.07, 6.45) is 16.6. The molecule has 0 spiro atoms. The molecule has 18 heteroatoms. The molecule has 0 aromatic heterocycles. The number of para-hydroxylation sites is 6. The van der Waals surface area contributed by atoms with E-state index in [2.05, 4.69) is 172 Å². The first-order valence-electron chi connectivity index (χ1n) is 49.1. The molecule has 772 valence electrons. The van der Waals surface area contributed by atoms with E-state index in [-0.39, 0.29) is 85.4 Å². The number of hydrogen-bond donors (Lipinski definition) is 4. The molecule has 4 N–H and O–H groups in total. The molecule has 5 atom stereocenters. The van der Waals surface area contributed by atoms with Crippen LogP contribution in [0.25, 0.3) is 0 Å². The van der Waals surface area contributed by atoms with Gasteiger partial charge in [0.25, 0.3) is 0 Å². The summed E-state index contributed by atoms with van der Waals surface area (Å²) in [7, 11) is 0. The molecule has 142 heavy (non-hydrogen) atoms. The van der Waals surface area contributed by atoms with Crippen molar-refractivity contribution in [3.05, 3.63) is 436 Å². The van der Waals surface area contributed by atoms with Crippen LogP contribution in [0.2, 0.25) is 0 Å². The fraction of sp³-hybridized carbons (Fsp3) is 0.355. The van der Waals surface area contributed by atoms with Crippen LogP contribution in [-0.2, 0) is 28.4 Å². The van der Waals surface area contributed by atoms with Gasteiger partial charge < -0.3 is 86.7 Å². The molecule has 0 aliphatic rings. The first kappa shape index (κ1) is 128. The number of hydrogen-bond acceptors (Lipinski definition) is 18. The van der Waals surface area contributed by atoms with Crippen LogP contribution in [0.5, 0.6) is 46.0 Å². The smallest absolute Gasteiger partial charge is 0.125 e. The standard InChI is InChI=1S/C36H46O10.C21H26O5.C15H16O3.4C9H12.4C4H8/c1-3-18-39-21-29(37)23-41-35(25-43-31-12-7-5-8-13-31)27-45-33-16-11-17-34(20-33)46-28-36(26-44-32-14-9-6-10-15-32)42-24-30(38)22-40-19-4-2;1-2-13-23-14-18(22)15-24-21(16-25-19-9-5-3-6-10-19)17-26-20-11-7-4-8-12-20;16-13(11-17-14-7-3-1-4-8-14)12-18-15-9-5-2-6-10-15;4*1-8(2)9-6-4-3-5-7-9;4*1-3-4-2/h3-17,20,29-30,35-38H,1-2,18-19,21-28H2;2-12,18,21-22H,1,13-17H2;1-10,13,16H,11-12H2;4*3-8H,1-2H3;4*3-4H,1-2H3/b;;;;;;;4*4-3+. The SMILES string of the molecule is C/C=C/C.C/C=C/C.C/C=C/C.C/C=C/C.C=CCOCC(O)COC(COc1ccccc1)COc1cccc(OCC(COc2ccccc2)OCC(O)COCC=C)c1.C=CCOCC(O)COC(COc1ccccc1)COc1ccccc1.CC(C)c1ccccc1.CC(C)c1ccccc1.CC(C)c1ccccc1.CC(C)c1ccccc1.OC(COc1ccccc1)COc1ccccc1. The van der Waals surface area contributed by atoms with Gasteiger partial charge in [0.05, 0.1) is 59.5 Å². The van der Waals surface area contributed by atoms with Gasteiger partial charge in [0.1, 0.15) is 142 Å². The Morgan fingerprint density at radius 1 is 0.197 bits per heavy atom. The van der Waals surface area contributed by atoms with Crippen LogP contribution in [0.4, 0.5) is 0 Å². The van der Waals surface area contributed by atoms with Crippen LogP contribution in [0.1, 0.15) is 157 Å². The first-order valence-corrected chi connectivity index (χ1v) is 49.1. The number of rotatable bonds is 49. The lowest BCUT2D eigenvalue weighted by Crippen LogP contribution is -2.33. The molecule has 5 unspecified atom stereocenters. The summed E-state index contributed by atoms with van der Waals surface area (Å²) in [5.74, 6) is 8.17. The van der Waals surface area contributed by atoms with Crippen molar-refractivity contribution in [1.82, 2.24) is 0 Å². The summed E-state index contributed by atoms with van der Waals surface area (Å²) in [4.78, 5) is 0. The minimum atomic E-state index is -0.808. The van der Waals surface area contributed by atoms with E-state index in [0.717, 1.165) is 23.0 Å². The van der Waals surface area contributed by atoms with Gasteiger partial charge in [0.15, 0.2) is 0 Å². The Morgan fingerprint density at radius 2 is 0.352 bits per heavy atom. The Hall–Kier alpha value is -12.4. The van der Waals surface area contributed by atoms with Crippen LogP contribution in [0.3, 0.4) is 0 Å². The van der Waals surface area contributed by atoms with Crippen molar-refractivity contribution in [2.24, 2.45) is 0 Å². The van der Waals surface area contributed by atoms with Gasteiger partial charge in [-0.05, 0) is 186 Å². The third-order valence-corrected chi connectivity index (χ3v) is 19.2. The Balaban J connectivity index is 0.000000883. The largest absolute Gasteiger partial charge is 0.491 e. The second-order valence-electron chi connectivity index (χ2n) is 32.7. The molecule has 0 amide bonds. The zero-order valence-corrected chi connectivity index (χ0v) is 87.5. The second-order valence-corrected chi connectivity index (χ2v) is 32.7. The third kappa shape index (κ3) is 72.8. The molecule has 0 saturated heterocycles. The molecule has 0 aliphatic carbocycles. The monoisotopic (exact) mass is 1950 g/mol. The average molecular weight is 1950 g/mol. The molecule has 0 heterocycles. The van der Waals surface area contributed by atoms with Crippen LogP contribution >= 0.6 is 0 Å². The summed E-state index contributed by atoms with van der Waals surface area (Å²) in [5.41, 5.74) is 5.66. The average Bonchev–Trinajstić information content (AvgIpc) is 0.891. The van der Waals surface area contributed by atoms with Gasteiger partial charge in [-0.2, -0.15) is 0 Å². The van der Waals surface area contributed by atoms with Gasteiger partial charge in [-0.15, -0.1) is 19.7 Å². The fourth-order valence-electron chi connectivity index (χ4n) is 10.9. The lowest BCUT2D eigenvalue weighted by Gasteiger charge is -2.22. The van der Waals surface area contributed by atoms with Crippen LogP contribution in [0.15, 0.2) is 414 Å². The minimum absolute atomic E-state index is 0.0496. The topological polar surface area (TPSA) is 210 Å². The van der Waals surface area contributed by atoms with Crippen LogP contribution < -0.4 is 37.9 Å². The van der Waals surface area contributed by atoms with Crippen molar-refractivity contribution >= 4 is 0 Å². The maximum Gasteiger partial charge on any atom is 0.125 e. The van der Waals surface area contributed by atoms with Crippen LogP contribution in [-0.4, -0.2) is 175 Å². The molecule has 11 aromatic carbocycles. The highest BCUT2D eigenvalue weighted by molar-refractivity contribution is 5.34. The number of aliphatic hydroxyl groups excluding tert-OH is 4. The van der Waals surface area contributed by atoms with Crippen molar-refractivity contribution in [2.45, 2.75) is 177 Å². The summed E-state index contributed by atoms with van der Waals surface area (Å²) in [5, 5.41) is 40.1. The highest BCUT2D eigenvalue weighted by Crippen LogP contribution is 2.24. The molecule has 0 bridgehead atoms. The Labute approximate surface area is 853 Å². The van der Waals surface area contributed by atoms with Gasteiger partial charge in [0.2, 0.25) is 0 Å². The van der Waals surface area contributed by atoms with E-state index < -0.39 is 36.6 Å². The van der Waals surface area contributed by atoms with Gasteiger partial charge in [-0.25, -0.2) is 0 Å². The Morgan fingerprint density at radius 3 is 0.514 bits per heavy atom. The molecule has 11 rings (SSSR count). The molecule has 0 radical (unpaired) electrons. The van der Waals surface area contributed by atoms with Crippen LogP contribution in [0, 0.1) is 0 Å². The van der Waals surface area contributed by atoms with Crippen molar-refractivity contribution in [1.29, 1.82) is 0 Å². The lowest BCUT2D eigenvalue weighted by molar-refractivity contribution is -0.0643. The summed E-state index contributed by atoms with van der Waals surface area (Å²) in [6.45, 7) is 48.0. The predicted molar refractivity (Wildman–Crippen MR) is 589 cm³/mol. The normalized spacial score (nSPS) is 11.5. The molecule has 18 nitrogen and oxygen atoms in total. The van der Waals surface area contributed by atoms with Crippen molar-refractivity contribution in [2.75, 3.05) is 112 Å². The lowest BCUT2D eigenvalue weighted by atomic mass is 10.0.